The lowest BCUT2D eigenvalue weighted by atomic mass is 10.0. The van der Waals surface area contributed by atoms with Crippen molar-refractivity contribution < 1.29 is 0 Å². The van der Waals surface area contributed by atoms with Crippen molar-refractivity contribution >= 4 is 16.5 Å². The SMILES string of the molecule is Cc1ccc2ccc(N)c(C)c2c1. The summed E-state index contributed by atoms with van der Waals surface area (Å²) in [6.45, 7) is 4.17. The summed E-state index contributed by atoms with van der Waals surface area (Å²) in [6, 6.07) is 10.5. The molecule has 0 bridgehead atoms. The molecule has 2 aromatic rings. The smallest absolute Gasteiger partial charge is 0.0350 e. The van der Waals surface area contributed by atoms with E-state index in [1.807, 2.05) is 6.07 Å². The normalized spacial score (nSPS) is 10.6. The van der Waals surface area contributed by atoms with Gasteiger partial charge in [-0.1, -0.05) is 29.8 Å². The van der Waals surface area contributed by atoms with Crippen molar-refractivity contribution in [1.29, 1.82) is 0 Å². The molecule has 0 fully saturated rings. The first-order valence-corrected chi connectivity index (χ1v) is 4.44. The molecule has 0 amide bonds. The summed E-state index contributed by atoms with van der Waals surface area (Å²) in [7, 11) is 0. The van der Waals surface area contributed by atoms with E-state index in [4.69, 9.17) is 5.73 Å². The standard InChI is InChI=1S/C12H13N/c1-8-3-4-10-5-6-12(13)9(2)11(10)7-8/h3-7H,13H2,1-2H3. The maximum Gasteiger partial charge on any atom is 0.0350 e. The first-order chi connectivity index (χ1) is 6.18. The molecule has 0 aliphatic carbocycles. The molecule has 1 heteroatoms. The Bertz CT molecular complexity index is 453. The third-order valence-electron chi connectivity index (χ3n) is 2.49. The monoisotopic (exact) mass is 171 g/mol. The molecule has 0 aliphatic rings. The molecule has 0 spiro atoms. The van der Waals surface area contributed by atoms with Crippen LogP contribution in [0, 0.1) is 13.8 Å². The Hall–Kier alpha value is -1.50. The van der Waals surface area contributed by atoms with E-state index in [-0.39, 0.29) is 0 Å². The van der Waals surface area contributed by atoms with Crippen LogP contribution in [0.3, 0.4) is 0 Å². The molecule has 0 aliphatic heterocycles. The lowest BCUT2D eigenvalue weighted by Gasteiger charge is -2.05. The third-order valence-corrected chi connectivity index (χ3v) is 2.49. The molecule has 0 aromatic heterocycles. The van der Waals surface area contributed by atoms with Crippen LogP contribution in [0.1, 0.15) is 11.1 Å². The zero-order valence-electron chi connectivity index (χ0n) is 7.96. The fourth-order valence-electron chi connectivity index (χ4n) is 1.60. The number of rotatable bonds is 0. The Labute approximate surface area is 78.2 Å². The number of hydrogen-bond acceptors (Lipinski definition) is 1. The van der Waals surface area contributed by atoms with Gasteiger partial charge in [0.2, 0.25) is 0 Å². The highest BCUT2D eigenvalue weighted by Gasteiger charge is 1.99. The van der Waals surface area contributed by atoms with Gasteiger partial charge in [-0.3, -0.25) is 0 Å². The molecule has 2 N–H and O–H groups in total. The van der Waals surface area contributed by atoms with E-state index in [1.54, 1.807) is 0 Å². The molecule has 0 heterocycles. The summed E-state index contributed by atoms with van der Waals surface area (Å²) in [5, 5.41) is 2.53. The number of hydrogen-bond donors (Lipinski definition) is 1. The summed E-state index contributed by atoms with van der Waals surface area (Å²) >= 11 is 0. The molecule has 0 unspecified atom stereocenters. The van der Waals surface area contributed by atoms with Gasteiger partial charge in [-0.2, -0.15) is 0 Å². The number of nitrogens with two attached hydrogens (primary N) is 1. The lowest BCUT2D eigenvalue weighted by molar-refractivity contribution is 1.47. The molecule has 1 nitrogen and oxygen atoms in total. The van der Waals surface area contributed by atoms with Gasteiger partial charge in [0.25, 0.3) is 0 Å². The van der Waals surface area contributed by atoms with Gasteiger partial charge < -0.3 is 5.73 Å². The van der Waals surface area contributed by atoms with Crippen LogP contribution >= 0.6 is 0 Å². The molecule has 0 saturated heterocycles. The van der Waals surface area contributed by atoms with Crippen molar-refractivity contribution in [2.45, 2.75) is 13.8 Å². The lowest BCUT2D eigenvalue weighted by Crippen LogP contribution is -1.90. The van der Waals surface area contributed by atoms with Crippen molar-refractivity contribution in [1.82, 2.24) is 0 Å². The minimum Gasteiger partial charge on any atom is -0.398 e. The molecule has 2 aromatic carbocycles. The fourth-order valence-corrected chi connectivity index (χ4v) is 1.60. The summed E-state index contributed by atoms with van der Waals surface area (Å²) in [4.78, 5) is 0. The highest BCUT2D eigenvalue weighted by Crippen LogP contribution is 2.24. The molecule has 0 atom stereocenters. The summed E-state index contributed by atoms with van der Waals surface area (Å²) < 4.78 is 0. The van der Waals surface area contributed by atoms with Gasteiger partial charge in [0.05, 0.1) is 0 Å². The molecule has 0 saturated carbocycles. The predicted octanol–water partition coefficient (Wildman–Crippen LogP) is 3.04. The van der Waals surface area contributed by atoms with Crippen LogP contribution in [0.5, 0.6) is 0 Å². The van der Waals surface area contributed by atoms with Crippen LogP contribution in [0.4, 0.5) is 5.69 Å². The summed E-state index contributed by atoms with van der Waals surface area (Å²) in [5.74, 6) is 0. The minimum absolute atomic E-state index is 0.873. The number of nitrogen functional groups attached to an aromatic ring is 1. The molecule has 0 radical (unpaired) electrons. The van der Waals surface area contributed by atoms with Crippen molar-refractivity contribution in [2.75, 3.05) is 5.73 Å². The highest BCUT2D eigenvalue weighted by atomic mass is 14.6. The molecule has 66 valence electrons. The number of fused-ring (bicyclic) bond motifs is 1. The molecular formula is C12H13N. The van der Waals surface area contributed by atoms with Crippen molar-refractivity contribution in [3.63, 3.8) is 0 Å². The second-order valence-corrected chi connectivity index (χ2v) is 3.50. The maximum atomic E-state index is 5.84. The van der Waals surface area contributed by atoms with Crippen molar-refractivity contribution in [3.8, 4) is 0 Å². The van der Waals surface area contributed by atoms with Crippen LogP contribution in [0.2, 0.25) is 0 Å². The van der Waals surface area contributed by atoms with Gasteiger partial charge in [0.15, 0.2) is 0 Å². The molecule has 2 rings (SSSR count). The molecule has 13 heavy (non-hydrogen) atoms. The van der Waals surface area contributed by atoms with Gasteiger partial charge >= 0.3 is 0 Å². The van der Waals surface area contributed by atoms with Crippen LogP contribution in [0.15, 0.2) is 30.3 Å². The van der Waals surface area contributed by atoms with E-state index in [1.165, 1.54) is 21.9 Å². The number of anilines is 1. The minimum atomic E-state index is 0.873. The van der Waals surface area contributed by atoms with Gasteiger partial charge in [-0.05, 0) is 36.2 Å². The Kier molecular flexibility index (Phi) is 1.73. The highest BCUT2D eigenvalue weighted by molar-refractivity contribution is 5.89. The van der Waals surface area contributed by atoms with Crippen molar-refractivity contribution in [2.24, 2.45) is 0 Å². The maximum absolute atomic E-state index is 5.84. The van der Waals surface area contributed by atoms with Crippen LogP contribution in [-0.4, -0.2) is 0 Å². The average molecular weight is 171 g/mol. The topological polar surface area (TPSA) is 26.0 Å². The Morgan fingerprint density at radius 2 is 1.69 bits per heavy atom. The summed E-state index contributed by atoms with van der Waals surface area (Å²) in [6.07, 6.45) is 0. The number of aryl methyl sites for hydroxylation is 2. The molecular weight excluding hydrogens is 158 g/mol. The third kappa shape index (κ3) is 1.26. The first kappa shape index (κ1) is 8.11. The van der Waals surface area contributed by atoms with Crippen LogP contribution in [0.25, 0.3) is 10.8 Å². The van der Waals surface area contributed by atoms with Crippen LogP contribution < -0.4 is 5.73 Å². The fraction of sp³-hybridized carbons (Fsp3) is 0.167. The van der Waals surface area contributed by atoms with E-state index in [0.717, 1.165) is 5.69 Å². The van der Waals surface area contributed by atoms with Gasteiger partial charge in [-0.25, -0.2) is 0 Å². The second kappa shape index (κ2) is 2.77. The van der Waals surface area contributed by atoms with E-state index in [0.29, 0.717) is 0 Å². The van der Waals surface area contributed by atoms with E-state index in [9.17, 15) is 0 Å². The Balaban J connectivity index is 2.89. The number of benzene rings is 2. The largest absolute Gasteiger partial charge is 0.398 e. The zero-order valence-corrected chi connectivity index (χ0v) is 7.96. The quantitative estimate of drug-likeness (QED) is 0.606. The second-order valence-electron chi connectivity index (χ2n) is 3.50. The van der Waals surface area contributed by atoms with E-state index < -0.39 is 0 Å². The van der Waals surface area contributed by atoms with E-state index in [2.05, 4.69) is 38.1 Å². The van der Waals surface area contributed by atoms with Gasteiger partial charge in [0.1, 0.15) is 0 Å². The zero-order chi connectivity index (χ0) is 9.42. The van der Waals surface area contributed by atoms with Crippen LogP contribution in [-0.2, 0) is 0 Å². The first-order valence-electron chi connectivity index (χ1n) is 4.44. The van der Waals surface area contributed by atoms with E-state index >= 15 is 0 Å². The Morgan fingerprint density at radius 3 is 2.46 bits per heavy atom. The predicted molar refractivity (Wildman–Crippen MR) is 57.8 cm³/mol. The van der Waals surface area contributed by atoms with Crippen molar-refractivity contribution in [3.05, 3.63) is 41.5 Å². The van der Waals surface area contributed by atoms with Gasteiger partial charge in [0, 0.05) is 5.69 Å². The Morgan fingerprint density at radius 1 is 1.00 bits per heavy atom. The van der Waals surface area contributed by atoms with Gasteiger partial charge in [-0.15, -0.1) is 0 Å². The summed E-state index contributed by atoms with van der Waals surface area (Å²) in [5.41, 5.74) is 9.17. The average Bonchev–Trinajstić information content (AvgIpc) is 2.12.